The second-order valence-electron chi connectivity index (χ2n) is 4.91. The molecule has 0 spiro atoms. The predicted octanol–water partition coefficient (Wildman–Crippen LogP) is 2.84. The minimum absolute atomic E-state index is 0.0304. The third-order valence-corrected chi connectivity index (χ3v) is 3.22. The van der Waals surface area contributed by atoms with Gasteiger partial charge in [-0.3, -0.25) is 0 Å². The molecule has 19 heavy (non-hydrogen) atoms. The first-order valence-electron chi connectivity index (χ1n) is 6.66. The predicted molar refractivity (Wildman–Crippen MR) is 76.0 cm³/mol. The number of benzene rings is 1. The first-order valence-corrected chi connectivity index (χ1v) is 6.66. The van der Waals surface area contributed by atoms with Gasteiger partial charge in [0.05, 0.1) is 12.6 Å². The number of hydrogen-bond donors (Lipinski definition) is 2. The Labute approximate surface area is 114 Å². The lowest BCUT2D eigenvalue weighted by Gasteiger charge is -2.20. The van der Waals surface area contributed by atoms with Crippen molar-refractivity contribution in [1.29, 1.82) is 0 Å². The summed E-state index contributed by atoms with van der Waals surface area (Å²) in [5.41, 5.74) is 1.22. The topological polar surface area (TPSA) is 45.4 Å². The molecule has 2 N–H and O–H groups in total. The fourth-order valence-electron chi connectivity index (χ4n) is 2.20. The summed E-state index contributed by atoms with van der Waals surface area (Å²) in [5, 5.41) is 12.9. The highest BCUT2D eigenvalue weighted by molar-refractivity contribution is 5.16. The van der Waals surface area contributed by atoms with Crippen molar-refractivity contribution in [2.24, 2.45) is 0 Å². The molecule has 2 atom stereocenters. The SMILES string of the molecule is Cc1ccc(C(C)N[C@@H](CO)Cc2ccccc2)o1. The van der Waals surface area contributed by atoms with Crippen LogP contribution in [0.25, 0.3) is 0 Å². The van der Waals surface area contributed by atoms with Crippen LogP contribution >= 0.6 is 0 Å². The Hall–Kier alpha value is -1.58. The number of furan rings is 1. The van der Waals surface area contributed by atoms with Crippen molar-refractivity contribution >= 4 is 0 Å². The van der Waals surface area contributed by atoms with Crippen molar-refractivity contribution in [2.75, 3.05) is 6.61 Å². The number of rotatable bonds is 6. The fraction of sp³-hybridized carbons (Fsp3) is 0.375. The average Bonchev–Trinajstić information content (AvgIpc) is 2.86. The van der Waals surface area contributed by atoms with E-state index in [1.807, 2.05) is 44.2 Å². The minimum Gasteiger partial charge on any atom is -0.465 e. The summed E-state index contributed by atoms with van der Waals surface area (Å²) in [6.45, 7) is 4.09. The Morgan fingerprint density at radius 2 is 1.89 bits per heavy atom. The van der Waals surface area contributed by atoms with Gasteiger partial charge in [-0.1, -0.05) is 30.3 Å². The molecule has 3 heteroatoms. The molecule has 1 unspecified atom stereocenters. The summed E-state index contributed by atoms with van der Waals surface area (Å²) in [6.07, 6.45) is 0.807. The Morgan fingerprint density at radius 3 is 2.47 bits per heavy atom. The van der Waals surface area contributed by atoms with Crippen molar-refractivity contribution in [3.05, 3.63) is 59.5 Å². The van der Waals surface area contributed by atoms with Gasteiger partial charge in [0.1, 0.15) is 11.5 Å². The van der Waals surface area contributed by atoms with E-state index >= 15 is 0 Å². The molecule has 3 nitrogen and oxygen atoms in total. The molecule has 2 rings (SSSR count). The van der Waals surface area contributed by atoms with Gasteiger partial charge in [0.15, 0.2) is 0 Å². The van der Waals surface area contributed by atoms with Crippen molar-refractivity contribution in [3.63, 3.8) is 0 Å². The van der Waals surface area contributed by atoms with Crippen LogP contribution in [0.15, 0.2) is 46.9 Å². The van der Waals surface area contributed by atoms with Crippen LogP contribution in [0.1, 0.15) is 30.0 Å². The van der Waals surface area contributed by atoms with Gasteiger partial charge in [-0.05, 0) is 38.0 Å². The molecule has 0 saturated carbocycles. The van der Waals surface area contributed by atoms with Crippen LogP contribution in [0.4, 0.5) is 0 Å². The maximum Gasteiger partial charge on any atom is 0.120 e. The Morgan fingerprint density at radius 1 is 1.16 bits per heavy atom. The molecule has 2 aromatic rings. The van der Waals surface area contributed by atoms with Crippen LogP contribution in [-0.4, -0.2) is 17.8 Å². The molecule has 0 aliphatic heterocycles. The molecule has 0 bridgehead atoms. The number of nitrogens with one attached hydrogen (secondary N) is 1. The molecule has 0 fully saturated rings. The number of hydrogen-bond acceptors (Lipinski definition) is 3. The zero-order chi connectivity index (χ0) is 13.7. The second-order valence-corrected chi connectivity index (χ2v) is 4.91. The maximum absolute atomic E-state index is 9.50. The molecule has 1 heterocycles. The zero-order valence-corrected chi connectivity index (χ0v) is 11.5. The van der Waals surface area contributed by atoms with E-state index in [-0.39, 0.29) is 18.7 Å². The first kappa shape index (κ1) is 13.8. The van der Waals surface area contributed by atoms with Crippen LogP contribution in [0.2, 0.25) is 0 Å². The van der Waals surface area contributed by atoms with Crippen molar-refractivity contribution in [3.8, 4) is 0 Å². The van der Waals surface area contributed by atoms with Gasteiger partial charge in [0.25, 0.3) is 0 Å². The monoisotopic (exact) mass is 259 g/mol. The van der Waals surface area contributed by atoms with Gasteiger partial charge < -0.3 is 14.8 Å². The van der Waals surface area contributed by atoms with Gasteiger partial charge >= 0.3 is 0 Å². The molecule has 0 radical (unpaired) electrons. The fourth-order valence-corrected chi connectivity index (χ4v) is 2.20. The summed E-state index contributed by atoms with van der Waals surface area (Å²) >= 11 is 0. The lowest BCUT2D eigenvalue weighted by molar-refractivity contribution is 0.227. The van der Waals surface area contributed by atoms with E-state index in [9.17, 15) is 5.11 Å². The molecular weight excluding hydrogens is 238 g/mol. The maximum atomic E-state index is 9.50. The zero-order valence-electron chi connectivity index (χ0n) is 11.5. The molecule has 0 aliphatic carbocycles. The molecular formula is C16H21NO2. The van der Waals surface area contributed by atoms with E-state index in [1.54, 1.807) is 0 Å². The molecule has 0 saturated heterocycles. The van der Waals surface area contributed by atoms with Crippen LogP contribution in [-0.2, 0) is 6.42 Å². The van der Waals surface area contributed by atoms with Gasteiger partial charge in [0, 0.05) is 6.04 Å². The number of aliphatic hydroxyl groups excluding tert-OH is 1. The van der Waals surface area contributed by atoms with E-state index in [1.165, 1.54) is 5.56 Å². The molecule has 0 aliphatic rings. The van der Waals surface area contributed by atoms with Crippen LogP contribution in [0.3, 0.4) is 0 Å². The number of aliphatic hydroxyl groups is 1. The standard InChI is InChI=1S/C16H21NO2/c1-12-8-9-16(19-12)13(2)17-15(11-18)10-14-6-4-3-5-7-14/h3-9,13,15,17-18H,10-11H2,1-2H3/t13?,15-/m1/s1. The summed E-state index contributed by atoms with van der Waals surface area (Å²) in [5.74, 6) is 1.82. The average molecular weight is 259 g/mol. The molecule has 1 aromatic heterocycles. The summed E-state index contributed by atoms with van der Waals surface area (Å²) in [6, 6.07) is 14.2. The lowest BCUT2D eigenvalue weighted by Crippen LogP contribution is -2.36. The Balaban J connectivity index is 1.95. The van der Waals surface area contributed by atoms with Crippen LogP contribution in [0.5, 0.6) is 0 Å². The quantitative estimate of drug-likeness (QED) is 0.838. The second kappa shape index (κ2) is 6.55. The van der Waals surface area contributed by atoms with Crippen molar-refractivity contribution in [2.45, 2.75) is 32.4 Å². The summed E-state index contributed by atoms with van der Waals surface area (Å²) < 4.78 is 5.60. The normalized spacial score (nSPS) is 14.3. The summed E-state index contributed by atoms with van der Waals surface area (Å²) in [7, 11) is 0. The van der Waals surface area contributed by atoms with E-state index in [4.69, 9.17) is 4.42 Å². The van der Waals surface area contributed by atoms with Crippen LogP contribution < -0.4 is 5.32 Å². The molecule has 102 valence electrons. The molecule has 1 aromatic carbocycles. The Kier molecular flexibility index (Phi) is 4.77. The summed E-state index contributed by atoms with van der Waals surface area (Å²) in [4.78, 5) is 0. The van der Waals surface area contributed by atoms with Crippen molar-refractivity contribution in [1.82, 2.24) is 5.32 Å². The Bertz CT molecular complexity index is 492. The lowest BCUT2D eigenvalue weighted by atomic mass is 10.1. The van der Waals surface area contributed by atoms with Gasteiger partial charge in [-0.25, -0.2) is 0 Å². The van der Waals surface area contributed by atoms with E-state index < -0.39 is 0 Å². The van der Waals surface area contributed by atoms with Gasteiger partial charge in [-0.2, -0.15) is 0 Å². The highest BCUT2D eigenvalue weighted by atomic mass is 16.3. The van der Waals surface area contributed by atoms with E-state index in [0.29, 0.717) is 0 Å². The van der Waals surface area contributed by atoms with Gasteiger partial charge in [-0.15, -0.1) is 0 Å². The highest BCUT2D eigenvalue weighted by Crippen LogP contribution is 2.17. The third-order valence-electron chi connectivity index (χ3n) is 3.22. The highest BCUT2D eigenvalue weighted by Gasteiger charge is 2.15. The van der Waals surface area contributed by atoms with E-state index in [2.05, 4.69) is 17.4 Å². The minimum atomic E-state index is 0.0304. The van der Waals surface area contributed by atoms with Crippen molar-refractivity contribution < 1.29 is 9.52 Å². The third kappa shape index (κ3) is 3.94. The smallest absolute Gasteiger partial charge is 0.120 e. The molecule has 0 amide bonds. The van der Waals surface area contributed by atoms with E-state index in [0.717, 1.165) is 17.9 Å². The van der Waals surface area contributed by atoms with Crippen LogP contribution in [0, 0.1) is 6.92 Å². The largest absolute Gasteiger partial charge is 0.465 e. The number of aryl methyl sites for hydroxylation is 1. The van der Waals surface area contributed by atoms with Gasteiger partial charge in [0.2, 0.25) is 0 Å². The first-order chi connectivity index (χ1) is 9.19.